The second kappa shape index (κ2) is 10.5. The molecule has 5 nitrogen and oxygen atoms in total. The van der Waals surface area contributed by atoms with Crippen molar-refractivity contribution in [3.63, 3.8) is 0 Å². The molecule has 3 aromatic rings. The summed E-state index contributed by atoms with van der Waals surface area (Å²) in [6.45, 7) is 7.52. The normalized spacial score (nSPS) is 13.4. The van der Waals surface area contributed by atoms with Crippen molar-refractivity contribution in [2.75, 3.05) is 5.32 Å². The molecule has 0 saturated heterocycles. The van der Waals surface area contributed by atoms with Gasteiger partial charge >= 0.3 is 0 Å². The second-order valence-electron chi connectivity index (χ2n) is 6.93. The molecule has 0 spiro atoms. The van der Waals surface area contributed by atoms with Crippen LogP contribution in [0, 0.1) is 0 Å². The Hall–Kier alpha value is -3.57. The van der Waals surface area contributed by atoms with Gasteiger partial charge in [-0.15, -0.1) is 0 Å². The summed E-state index contributed by atoms with van der Waals surface area (Å²) in [5.74, 6) is 0.501. The van der Waals surface area contributed by atoms with Gasteiger partial charge in [-0.25, -0.2) is 4.99 Å². The third kappa shape index (κ3) is 5.96. The van der Waals surface area contributed by atoms with Gasteiger partial charge < -0.3 is 15.6 Å². The number of anilines is 1. The number of hydrogen-bond acceptors (Lipinski definition) is 3. The highest BCUT2D eigenvalue weighted by Gasteiger charge is 2.11. The Morgan fingerprint density at radius 2 is 2.06 bits per heavy atom. The maximum atomic E-state index is 12.7. The minimum absolute atomic E-state index is 0.0455. The van der Waals surface area contributed by atoms with Crippen LogP contribution < -0.4 is 10.6 Å². The molecule has 1 aromatic heterocycles. The van der Waals surface area contributed by atoms with Crippen LogP contribution in [-0.4, -0.2) is 16.1 Å². The third-order valence-corrected chi connectivity index (χ3v) is 4.91. The SMILES string of the molecule is C=C/C=C/C(Cl)=N\C(=C/C)N[C@@H](C)c1cccc(NC(=O)c2ccc3[nH]ccc3c2)c1. The number of allylic oxidation sites excluding steroid dienone is 4. The van der Waals surface area contributed by atoms with E-state index < -0.39 is 0 Å². The number of fused-ring (bicyclic) bond motifs is 1. The van der Waals surface area contributed by atoms with Gasteiger partial charge in [0.15, 0.2) is 0 Å². The highest BCUT2D eigenvalue weighted by Crippen LogP contribution is 2.20. The number of aliphatic imine (C=N–C) groups is 1. The lowest BCUT2D eigenvalue weighted by Crippen LogP contribution is -2.18. The largest absolute Gasteiger partial charge is 0.364 e. The van der Waals surface area contributed by atoms with E-state index in [1.54, 1.807) is 18.2 Å². The van der Waals surface area contributed by atoms with Crippen molar-refractivity contribution in [2.24, 2.45) is 4.99 Å². The van der Waals surface area contributed by atoms with Crippen LogP contribution in [0.4, 0.5) is 5.69 Å². The Morgan fingerprint density at radius 3 is 2.84 bits per heavy atom. The molecule has 0 aliphatic carbocycles. The number of carbonyl (C=O) groups is 1. The molecule has 158 valence electrons. The van der Waals surface area contributed by atoms with Gasteiger partial charge in [0.2, 0.25) is 0 Å². The van der Waals surface area contributed by atoms with Gasteiger partial charge in [0.1, 0.15) is 11.0 Å². The van der Waals surface area contributed by atoms with E-state index in [9.17, 15) is 4.79 Å². The molecule has 2 aromatic carbocycles. The van der Waals surface area contributed by atoms with Gasteiger partial charge in [-0.1, -0.05) is 42.5 Å². The molecule has 1 heterocycles. The van der Waals surface area contributed by atoms with Gasteiger partial charge in [-0.05, 0) is 68.0 Å². The average Bonchev–Trinajstić information content (AvgIpc) is 3.25. The Labute approximate surface area is 187 Å². The number of halogens is 1. The molecule has 0 bridgehead atoms. The molecule has 3 N–H and O–H groups in total. The molecule has 0 radical (unpaired) electrons. The average molecular weight is 433 g/mol. The lowest BCUT2D eigenvalue weighted by molar-refractivity contribution is 0.102. The maximum absolute atomic E-state index is 12.7. The first kappa shape index (κ1) is 22.1. The van der Waals surface area contributed by atoms with Crippen molar-refractivity contribution >= 4 is 39.3 Å². The zero-order chi connectivity index (χ0) is 22.2. The van der Waals surface area contributed by atoms with Gasteiger partial charge in [0.05, 0.1) is 6.04 Å². The molecule has 0 unspecified atom stereocenters. The standard InChI is InChI=1S/C25H25ClN4O/c1-4-6-10-23(26)30-24(5-2)28-17(3)18-8-7-9-21(16-18)29-25(31)20-11-12-22-19(15-20)13-14-27-22/h4-17,27-28H,1H2,2-3H3,(H,29,31)/b10-6+,24-5-,30-23+/t17-/m0/s1. The maximum Gasteiger partial charge on any atom is 0.255 e. The monoisotopic (exact) mass is 432 g/mol. The Balaban J connectivity index is 1.70. The summed E-state index contributed by atoms with van der Waals surface area (Å²) in [5, 5.41) is 7.66. The number of amides is 1. The molecular weight excluding hydrogens is 408 g/mol. The van der Waals surface area contributed by atoms with Crippen LogP contribution in [-0.2, 0) is 0 Å². The summed E-state index contributed by atoms with van der Waals surface area (Å²) in [4.78, 5) is 20.2. The molecule has 1 atom stereocenters. The molecule has 6 heteroatoms. The van der Waals surface area contributed by atoms with Crippen LogP contribution in [0.2, 0.25) is 0 Å². The topological polar surface area (TPSA) is 69.3 Å². The predicted molar refractivity (Wildman–Crippen MR) is 131 cm³/mol. The number of carbonyl (C=O) groups excluding carboxylic acids is 1. The van der Waals surface area contributed by atoms with Gasteiger partial charge in [0, 0.05) is 28.4 Å². The van der Waals surface area contributed by atoms with E-state index in [1.807, 2.05) is 74.7 Å². The number of benzene rings is 2. The molecule has 1 amide bonds. The zero-order valence-corrected chi connectivity index (χ0v) is 18.3. The molecule has 0 aliphatic heterocycles. The number of rotatable bonds is 8. The summed E-state index contributed by atoms with van der Waals surface area (Å²) in [7, 11) is 0. The van der Waals surface area contributed by atoms with E-state index in [4.69, 9.17) is 11.6 Å². The fourth-order valence-corrected chi connectivity index (χ4v) is 3.23. The van der Waals surface area contributed by atoms with Crippen LogP contribution in [0.15, 0.2) is 96.4 Å². The van der Waals surface area contributed by atoms with Crippen LogP contribution in [0.1, 0.15) is 35.8 Å². The number of aromatic nitrogens is 1. The first-order chi connectivity index (χ1) is 15.0. The first-order valence-electron chi connectivity index (χ1n) is 9.94. The molecular formula is C25H25ClN4O. The third-order valence-electron chi connectivity index (χ3n) is 4.69. The van der Waals surface area contributed by atoms with Crippen molar-refractivity contribution in [1.29, 1.82) is 0 Å². The number of aromatic amines is 1. The summed E-state index contributed by atoms with van der Waals surface area (Å²) in [6, 6.07) is 15.2. The zero-order valence-electron chi connectivity index (χ0n) is 17.5. The van der Waals surface area contributed by atoms with Crippen molar-refractivity contribution in [3.05, 3.63) is 103 Å². The van der Waals surface area contributed by atoms with E-state index >= 15 is 0 Å². The fraction of sp³-hybridized carbons (Fsp3) is 0.120. The van der Waals surface area contributed by atoms with Gasteiger partial charge in [0.25, 0.3) is 5.91 Å². The minimum Gasteiger partial charge on any atom is -0.364 e. The van der Waals surface area contributed by atoms with E-state index in [0.717, 1.165) is 22.2 Å². The molecule has 3 rings (SSSR count). The summed E-state index contributed by atoms with van der Waals surface area (Å²) in [5.41, 5.74) is 3.34. The van der Waals surface area contributed by atoms with Gasteiger partial charge in [-0.3, -0.25) is 4.79 Å². The van der Waals surface area contributed by atoms with Crippen LogP contribution in [0.25, 0.3) is 10.9 Å². The minimum atomic E-state index is -0.152. The highest BCUT2D eigenvalue weighted by atomic mass is 35.5. The quantitative estimate of drug-likeness (QED) is 0.288. The Bertz CT molecular complexity index is 1170. The predicted octanol–water partition coefficient (Wildman–Crippen LogP) is 6.31. The van der Waals surface area contributed by atoms with Crippen LogP contribution >= 0.6 is 11.6 Å². The summed E-state index contributed by atoms with van der Waals surface area (Å²) >= 11 is 6.12. The van der Waals surface area contributed by atoms with E-state index in [-0.39, 0.29) is 11.9 Å². The fourth-order valence-electron chi connectivity index (χ4n) is 3.07. The van der Waals surface area contributed by atoms with E-state index in [2.05, 4.69) is 27.2 Å². The molecule has 0 fully saturated rings. The number of nitrogens with zero attached hydrogens (tertiary/aromatic N) is 1. The van der Waals surface area contributed by atoms with Crippen molar-refractivity contribution < 1.29 is 4.79 Å². The Morgan fingerprint density at radius 1 is 1.23 bits per heavy atom. The lowest BCUT2D eigenvalue weighted by atomic mass is 10.1. The molecule has 0 aliphatic rings. The summed E-state index contributed by atoms with van der Waals surface area (Å²) < 4.78 is 0. The lowest BCUT2D eigenvalue weighted by Gasteiger charge is -2.17. The Kier molecular flexibility index (Phi) is 7.46. The van der Waals surface area contributed by atoms with Crippen LogP contribution in [0.3, 0.4) is 0 Å². The van der Waals surface area contributed by atoms with Crippen molar-refractivity contribution in [2.45, 2.75) is 19.9 Å². The second-order valence-corrected chi connectivity index (χ2v) is 7.32. The smallest absolute Gasteiger partial charge is 0.255 e. The van der Waals surface area contributed by atoms with Gasteiger partial charge in [-0.2, -0.15) is 0 Å². The first-order valence-corrected chi connectivity index (χ1v) is 10.3. The highest BCUT2D eigenvalue weighted by molar-refractivity contribution is 6.68. The number of hydrogen-bond donors (Lipinski definition) is 3. The molecule has 31 heavy (non-hydrogen) atoms. The summed E-state index contributed by atoms with van der Waals surface area (Å²) in [6.07, 6.45) is 8.74. The van der Waals surface area contributed by atoms with Crippen molar-refractivity contribution in [3.8, 4) is 0 Å². The van der Waals surface area contributed by atoms with E-state index in [0.29, 0.717) is 16.6 Å². The van der Waals surface area contributed by atoms with E-state index in [1.165, 1.54) is 0 Å². The van der Waals surface area contributed by atoms with Crippen LogP contribution in [0.5, 0.6) is 0 Å². The number of H-pyrrole nitrogens is 1. The number of nitrogens with one attached hydrogen (secondary N) is 3. The molecule has 0 saturated carbocycles. The van der Waals surface area contributed by atoms with Crippen molar-refractivity contribution in [1.82, 2.24) is 10.3 Å².